The van der Waals surface area contributed by atoms with Gasteiger partial charge in [-0.05, 0) is 18.2 Å². The number of imide groups is 1. The van der Waals surface area contributed by atoms with Gasteiger partial charge in [0, 0.05) is 31.7 Å². The fourth-order valence-electron chi connectivity index (χ4n) is 2.71. The van der Waals surface area contributed by atoms with Crippen molar-refractivity contribution in [2.24, 2.45) is 5.73 Å². The van der Waals surface area contributed by atoms with Crippen LogP contribution in [0.1, 0.15) is 31.1 Å². The molecule has 0 atom stereocenters. The van der Waals surface area contributed by atoms with Crippen LogP contribution in [0.2, 0.25) is 0 Å². The monoisotopic (exact) mass is 303 g/mol. The topological polar surface area (TPSA) is 92.9 Å². The minimum atomic E-state index is -0.616. The number of nitrogens with zero attached hydrogens (tertiary/aromatic N) is 2. The third-order valence-electron chi connectivity index (χ3n) is 4.00. The Kier molecular flexibility index (Phi) is 3.91. The molecular formula is C15H17N3O4. The Morgan fingerprint density at radius 1 is 1.09 bits per heavy atom. The summed E-state index contributed by atoms with van der Waals surface area (Å²) >= 11 is 0. The van der Waals surface area contributed by atoms with Gasteiger partial charge in [-0.3, -0.25) is 24.2 Å². The van der Waals surface area contributed by atoms with Crippen LogP contribution < -0.4 is 5.73 Å². The van der Waals surface area contributed by atoms with Gasteiger partial charge in [0.15, 0.2) is 0 Å². The highest BCUT2D eigenvalue weighted by Crippen LogP contribution is 2.23. The summed E-state index contributed by atoms with van der Waals surface area (Å²) in [6.07, 6.45) is 0. The molecule has 1 aromatic rings. The highest BCUT2D eigenvalue weighted by atomic mass is 16.5. The van der Waals surface area contributed by atoms with Crippen molar-refractivity contribution in [3.8, 4) is 0 Å². The average molecular weight is 303 g/mol. The fourth-order valence-corrected chi connectivity index (χ4v) is 2.71. The number of benzene rings is 1. The molecule has 1 saturated heterocycles. The Morgan fingerprint density at radius 2 is 1.77 bits per heavy atom. The van der Waals surface area contributed by atoms with Crippen molar-refractivity contribution in [1.82, 2.24) is 9.80 Å². The lowest BCUT2D eigenvalue weighted by atomic mass is 10.1. The number of carbonyl (C=O) groups excluding carboxylic acids is 3. The lowest BCUT2D eigenvalue weighted by molar-refractivity contribution is 0.0325. The summed E-state index contributed by atoms with van der Waals surface area (Å²) in [5.74, 6) is -1.30. The van der Waals surface area contributed by atoms with E-state index in [1.165, 1.54) is 23.1 Å². The molecule has 0 aromatic heterocycles. The van der Waals surface area contributed by atoms with Gasteiger partial charge < -0.3 is 10.5 Å². The third-order valence-corrected chi connectivity index (χ3v) is 4.00. The standard InChI is InChI=1S/C15H17N3O4/c16-13(19)10-1-2-11-12(9-10)15(21)18(14(11)20)4-3-17-5-7-22-8-6-17/h1-2,9H,3-8H2,(H2,16,19). The molecule has 22 heavy (non-hydrogen) atoms. The van der Waals surface area contributed by atoms with E-state index >= 15 is 0 Å². The molecule has 0 saturated carbocycles. The van der Waals surface area contributed by atoms with Crippen LogP contribution >= 0.6 is 0 Å². The van der Waals surface area contributed by atoms with E-state index in [9.17, 15) is 14.4 Å². The quantitative estimate of drug-likeness (QED) is 0.772. The zero-order chi connectivity index (χ0) is 15.7. The van der Waals surface area contributed by atoms with Gasteiger partial charge in [-0.25, -0.2) is 0 Å². The summed E-state index contributed by atoms with van der Waals surface area (Å²) in [5.41, 5.74) is 6.03. The van der Waals surface area contributed by atoms with Gasteiger partial charge in [0.2, 0.25) is 5.91 Å². The van der Waals surface area contributed by atoms with E-state index in [-0.39, 0.29) is 22.9 Å². The SMILES string of the molecule is NC(=O)c1ccc2c(c1)C(=O)N(CCN1CCOCC1)C2=O. The summed E-state index contributed by atoms with van der Waals surface area (Å²) in [5, 5.41) is 0. The second kappa shape index (κ2) is 5.86. The van der Waals surface area contributed by atoms with Crippen LogP contribution in [0.4, 0.5) is 0 Å². The Morgan fingerprint density at radius 3 is 2.45 bits per heavy atom. The predicted octanol–water partition coefficient (Wildman–Crippen LogP) is -0.286. The van der Waals surface area contributed by atoms with Crippen molar-refractivity contribution >= 4 is 17.7 Å². The highest BCUT2D eigenvalue weighted by Gasteiger charge is 2.35. The third kappa shape index (κ3) is 2.60. The second-order valence-electron chi connectivity index (χ2n) is 5.34. The number of nitrogens with two attached hydrogens (primary N) is 1. The van der Waals surface area contributed by atoms with Gasteiger partial charge in [0.05, 0.1) is 24.3 Å². The lowest BCUT2D eigenvalue weighted by Gasteiger charge is -2.27. The van der Waals surface area contributed by atoms with E-state index in [4.69, 9.17) is 10.5 Å². The molecule has 2 aliphatic heterocycles. The number of amides is 3. The number of carbonyl (C=O) groups is 3. The molecule has 2 N–H and O–H groups in total. The zero-order valence-electron chi connectivity index (χ0n) is 12.1. The smallest absolute Gasteiger partial charge is 0.261 e. The number of primary amides is 1. The molecule has 0 aliphatic carbocycles. The van der Waals surface area contributed by atoms with Crippen molar-refractivity contribution < 1.29 is 19.1 Å². The Bertz CT molecular complexity index is 638. The molecule has 1 fully saturated rings. The van der Waals surface area contributed by atoms with Crippen LogP contribution in [0.25, 0.3) is 0 Å². The van der Waals surface area contributed by atoms with Crippen molar-refractivity contribution in [1.29, 1.82) is 0 Å². The van der Waals surface area contributed by atoms with Crippen LogP contribution in [0, 0.1) is 0 Å². The predicted molar refractivity (Wildman–Crippen MR) is 77.6 cm³/mol. The first-order valence-electron chi connectivity index (χ1n) is 7.18. The number of fused-ring (bicyclic) bond motifs is 1. The molecule has 3 rings (SSSR count). The maximum atomic E-state index is 12.4. The molecule has 2 heterocycles. The van der Waals surface area contributed by atoms with E-state index < -0.39 is 5.91 Å². The second-order valence-corrected chi connectivity index (χ2v) is 5.34. The zero-order valence-corrected chi connectivity index (χ0v) is 12.1. The molecular weight excluding hydrogens is 286 g/mol. The lowest BCUT2D eigenvalue weighted by Crippen LogP contribution is -2.42. The first kappa shape index (κ1) is 14.7. The Hall–Kier alpha value is -2.25. The van der Waals surface area contributed by atoms with E-state index in [0.29, 0.717) is 31.9 Å². The van der Waals surface area contributed by atoms with E-state index in [1.54, 1.807) is 0 Å². The van der Waals surface area contributed by atoms with Crippen LogP contribution in [-0.2, 0) is 4.74 Å². The molecule has 0 spiro atoms. The normalized spacial score (nSPS) is 18.6. The number of rotatable bonds is 4. The maximum Gasteiger partial charge on any atom is 0.261 e. The fraction of sp³-hybridized carbons (Fsp3) is 0.400. The molecule has 0 unspecified atom stereocenters. The summed E-state index contributed by atoms with van der Waals surface area (Å²) < 4.78 is 5.27. The Balaban J connectivity index is 1.73. The van der Waals surface area contributed by atoms with Gasteiger partial charge in [0.25, 0.3) is 11.8 Å². The van der Waals surface area contributed by atoms with Crippen LogP contribution in [0.15, 0.2) is 18.2 Å². The largest absolute Gasteiger partial charge is 0.379 e. The van der Waals surface area contributed by atoms with Crippen molar-refractivity contribution in [3.63, 3.8) is 0 Å². The molecule has 3 amide bonds. The molecule has 1 aromatic carbocycles. The van der Waals surface area contributed by atoms with Gasteiger partial charge in [-0.15, -0.1) is 0 Å². The summed E-state index contributed by atoms with van der Waals surface area (Å²) in [4.78, 5) is 39.2. The summed E-state index contributed by atoms with van der Waals surface area (Å²) in [6, 6.07) is 4.36. The average Bonchev–Trinajstić information content (AvgIpc) is 2.77. The minimum absolute atomic E-state index is 0.231. The molecule has 7 nitrogen and oxygen atoms in total. The number of hydrogen-bond acceptors (Lipinski definition) is 5. The van der Waals surface area contributed by atoms with Gasteiger partial charge in [-0.2, -0.15) is 0 Å². The van der Waals surface area contributed by atoms with Crippen LogP contribution in [-0.4, -0.2) is 66.9 Å². The molecule has 0 bridgehead atoms. The summed E-state index contributed by atoms with van der Waals surface area (Å²) in [7, 11) is 0. The number of ether oxygens (including phenoxy) is 1. The van der Waals surface area contributed by atoms with Gasteiger partial charge in [0.1, 0.15) is 0 Å². The maximum absolute atomic E-state index is 12.4. The first-order chi connectivity index (χ1) is 10.6. The first-order valence-corrected chi connectivity index (χ1v) is 7.18. The van der Waals surface area contributed by atoms with Crippen molar-refractivity contribution in [3.05, 3.63) is 34.9 Å². The van der Waals surface area contributed by atoms with E-state index in [0.717, 1.165) is 13.1 Å². The molecule has 2 aliphatic rings. The number of hydrogen-bond donors (Lipinski definition) is 1. The molecule has 116 valence electrons. The Labute approximate surface area is 127 Å². The van der Waals surface area contributed by atoms with Crippen molar-refractivity contribution in [2.45, 2.75) is 0 Å². The number of morpholine rings is 1. The molecule has 0 radical (unpaired) electrons. The summed E-state index contributed by atoms with van der Waals surface area (Å²) in [6.45, 7) is 3.90. The van der Waals surface area contributed by atoms with Gasteiger partial charge in [-0.1, -0.05) is 0 Å². The van der Waals surface area contributed by atoms with Crippen LogP contribution in [0.5, 0.6) is 0 Å². The minimum Gasteiger partial charge on any atom is -0.379 e. The van der Waals surface area contributed by atoms with Crippen molar-refractivity contribution in [2.75, 3.05) is 39.4 Å². The van der Waals surface area contributed by atoms with Crippen LogP contribution in [0.3, 0.4) is 0 Å². The van der Waals surface area contributed by atoms with E-state index in [1.807, 2.05) is 0 Å². The highest BCUT2D eigenvalue weighted by molar-refractivity contribution is 6.22. The van der Waals surface area contributed by atoms with Gasteiger partial charge >= 0.3 is 0 Å². The van der Waals surface area contributed by atoms with E-state index in [2.05, 4.69) is 4.90 Å². The molecule has 7 heteroatoms.